The Bertz CT molecular complexity index is 320. The Balaban J connectivity index is 2.10. The van der Waals surface area contributed by atoms with Crippen LogP contribution in [0.25, 0.3) is 0 Å². The summed E-state index contributed by atoms with van der Waals surface area (Å²) in [6, 6.07) is -0.0711. The van der Waals surface area contributed by atoms with Crippen LogP contribution in [0.15, 0.2) is 20.0 Å². The minimum Gasteiger partial charge on any atom is -0.255 e. The van der Waals surface area contributed by atoms with Gasteiger partial charge in [0, 0.05) is 11.6 Å². The van der Waals surface area contributed by atoms with Crippen LogP contribution in [-0.2, 0) is 0 Å². The van der Waals surface area contributed by atoms with E-state index in [0.29, 0.717) is 5.88 Å². The largest absolute Gasteiger partial charge is 0.255 e. The fourth-order valence-electron chi connectivity index (χ4n) is 1.05. The summed E-state index contributed by atoms with van der Waals surface area (Å²) in [5.41, 5.74) is 0. The van der Waals surface area contributed by atoms with E-state index in [0.717, 1.165) is 16.6 Å². The van der Waals surface area contributed by atoms with E-state index in [1.807, 2.05) is 0 Å². The van der Waals surface area contributed by atoms with Crippen molar-refractivity contribution in [3.05, 3.63) is 0 Å². The molecule has 2 heterocycles. The summed E-state index contributed by atoms with van der Waals surface area (Å²) in [5.74, 6) is 2.18. The third-order valence-electron chi connectivity index (χ3n) is 1.59. The molecule has 0 fully saturated rings. The molecule has 4 nitrogen and oxygen atoms in total. The molecular weight excluding hydrogens is 208 g/mol. The molecule has 1 atom stereocenters. The van der Waals surface area contributed by atoms with Crippen molar-refractivity contribution in [3.8, 4) is 0 Å². The van der Waals surface area contributed by atoms with Crippen LogP contribution in [0.2, 0.25) is 0 Å². The Hall–Kier alpha value is -0.680. The molecule has 0 spiro atoms. The minimum absolute atomic E-state index is 0.0711. The smallest absolute Gasteiger partial charge is 0.163 e. The molecule has 0 N–H and O–H groups in total. The lowest BCUT2D eigenvalue weighted by atomic mass is 10.3. The zero-order valence-electron chi connectivity index (χ0n) is 6.72. The second-order valence-corrected chi connectivity index (χ2v) is 3.90. The van der Waals surface area contributed by atoms with E-state index in [1.54, 1.807) is 11.8 Å². The molecule has 2 aliphatic heterocycles. The van der Waals surface area contributed by atoms with Crippen LogP contribution in [-0.4, -0.2) is 41.2 Å². The van der Waals surface area contributed by atoms with Gasteiger partial charge in [0.05, 0.1) is 0 Å². The van der Waals surface area contributed by atoms with E-state index in [9.17, 15) is 0 Å². The van der Waals surface area contributed by atoms with Crippen molar-refractivity contribution in [2.45, 2.75) is 6.04 Å². The fraction of sp³-hybridized carbons (Fsp3) is 0.429. The lowest BCUT2D eigenvalue weighted by Gasteiger charge is -2.12. The molecule has 0 saturated carbocycles. The molecule has 68 valence electrons. The predicted molar refractivity (Wildman–Crippen MR) is 58.8 cm³/mol. The number of aliphatic imine (C=N–C) groups is 4. The van der Waals surface area contributed by atoms with Crippen molar-refractivity contribution in [2.24, 2.45) is 20.0 Å². The van der Waals surface area contributed by atoms with Gasteiger partial charge in [0.1, 0.15) is 17.7 Å². The number of nitrogens with zero attached hydrogens (tertiary/aromatic N) is 4. The first-order chi connectivity index (χ1) is 6.42. The number of amidine groups is 1. The summed E-state index contributed by atoms with van der Waals surface area (Å²) in [7, 11) is 0. The monoisotopic (exact) mass is 214 g/mol. The molecular formula is C7H7ClN4S. The van der Waals surface area contributed by atoms with Crippen molar-refractivity contribution in [1.29, 1.82) is 0 Å². The van der Waals surface area contributed by atoms with E-state index in [2.05, 4.69) is 20.0 Å². The SMILES string of the molecule is ClCCSC1=NC=NC2=NC=NC21. The van der Waals surface area contributed by atoms with Gasteiger partial charge in [0.2, 0.25) is 0 Å². The van der Waals surface area contributed by atoms with Crippen LogP contribution < -0.4 is 0 Å². The maximum absolute atomic E-state index is 5.59. The molecule has 0 aromatic carbocycles. The topological polar surface area (TPSA) is 49.4 Å². The van der Waals surface area contributed by atoms with Gasteiger partial charge in [-0.05, 0) is 0 Å². The maximum atomic E-state index is 5.59. The number of halogens is 1. The van der Waals surface area contributed by atoms with Crippen molar-refractivity contribution in [3.63, 3.8) is 0 Å². The van der Waals surface area contributed by atoms with Gasteiger partial charge < -0.3 is 0 Å². The average Bonchev–Trinajstić information content (AvgIpc) is 2.62. The Labute approximate surface area is 84.9 Å². The number of rotatable bonds is 2. The zero-order valence-corrected chi connectivity index (χ0v) is 8.29. The van der Waals surface area contributed by atoms with Gasteiger partial charge in [-0.3, -0.25) is 4.99 Å². The highest BCUT2D eigenvalue weighted by Gasteiger charge is 2.25. The van der Waals surface area contributed by atoms with Crippen LogP contribution >= 0.6 is 23.4 Å². The molecule has 0 radical (unpaired) electrons. The molecule has 0 aromatic heterocycles. The van der Waals surface area contributed by atoms with E-state index >= 15 is 0 Å². The number of hydrogen-bond acceptors (Lipinski definition) is 5. The second-order valence-electron chi connectivity index (χ2n) is 2.40. The quantitative estimate of drug-likeness (QED) is 0.638. The molecule has 0 bridgehead atoms. The second kappa shape index (κ2) is 4.02. The van der Waals surface area contributed by atoms with Gasteiger partial charge in [0.25, 0.3) is 0 Å². The predicted octanol–water partition coefficient (Wildman–Crippen LogP) is 1.21. The third-order valence-corrected chi connectivity index (χ3v) is 3.03. The molecule has 13 heavy (non-hydrogen) atoms. The van der Waals surface area contributed by atoms with Crippen LogP contribution in [0, 0.1) is 0 Å². The lowest BCUT2D eigenvalue weighted by molar-refractivity contribution is 1.16. The van der Waals surface area contributed by atoms with E-state index in [-0.39, 0.29) is 6.04 Å². The normalized spacial score (nSPS) is 24.2. The van der Waals surface area contributed by atoms with Gasteiger partial charge in [-0.25, -0.2) is 15.0 Å². The van der Waals surface area contributed by atoms with Crippen LogP contribution in [0.5, 0.6) is 0 Å². The minimum atomic E-state index is -0.0711. The summed E-state index contributed by atoms with van der Waals surface area (Å²) in [4.78, 5) is 16.3. The van der Waals surface area contributed by atoms with Crippen molar-refractivity contribution >= 4 is 46.9 Å². The highest BCUT2D eigenvalue weighted by atomic mass is 35.5. The Morgan fingerprint density at radius 3 is 3.15 bits per heavy atom. The third kappa shape index (κ3) is 1.81. The van der Waals surface area contributed by atoms with Gasteiger partial charge in [-0.15, -0.1) is 23.4 Å². The molecule has 6 heteroatoms. The summed E-state index contributed by atoms with van der Waals surface area (Å²) >= 11 is 7.19. The Morgan fingerprint density at radius 2 is 2.31 bits per heavy atom. The Morgan fingerprint density at radius 1 is 1.38 bits per heavy atom. The van der Waals surface area contributed by atoms with E-state index < -0.39 is 0 Å². The first-order valence-corrected chi connectivity index (χ1v) is 5.32. The zero-order chi connectivity index (χ0) is 9.10. The fourth-order valence-corrected chi connectivity index (χ4v) is 2.01. The van der Waals surface area contributed by atoms with Gasteiger partial charge in [0.15, 0.2) is 11.9 Å². The molecule has 0 amide bonds. The Kier molecular flexibility index (Phi) is 2.75. The van der Waals surface area contributed by atoms with Gasteiger partial charge >= 0.3 is 0 Å². The van der Waals surface area contributed by atoms with Crippen molar-refractivity contribution in [1.82, 2.24) is 0 Å². The van der Waals surface area contributed by atoms with Gasteiger partial charge in [-0.1, -0.05) is 0 Å². The van der Waals surface area contributed by atoms with E-state index in [1.165, 1.54) is 12.7 Å². The molecule has 0 aliphatic carbocycles. The lowest BCUT2D eigenvalue weighted by Crippen LogP contribution is -2.26. The summed E-state index contributed by atoms with van der Waals surface area (Å²) in [5, 5.41) is 0.933. The highest BCUT2D eigenvalue weighted by molar-refractivity contribution is 8.14. The van der Waals surface area contributed by atoms with E-state index in [4.69, 9.17) is 11.6 Å². The maximum Gasteiger partial charge on any atom is 0.163 e. The van der Waals surface area contributed by atoms with Crippen molar-refractivity contribution < 1.29 is 0 Å². The first-order valence-electron chi connectivity index (χ1n) is 3.80. The van der Waals surface area contributed by atoms with Crippen LogP contribution in [0.1, 0.15) is 0 Å². The number of hydrogen-bond donors (Lipinski definition) is 0. The summed E-state index contributed by atoms with van der Waals surface area (Å²) < 4.78 is 0. The average molecular weight is 215 g/mol. The molecule has 1 unspecified atom stereocenters. The van der Waals surface area contributed by atoms with Gasteiger partial charge in [-0.2, -0.15) is 0 Å². The standard InChI is InChI=1S/C7H7ClN4S/c8-1-2-13-7-5-6(10-3-9-5)11-4-12-7/h3-5H,1-2H2. The summed E-state index contributed by atoms with van der Waals surface area (Å²) in [6.07, 6.45) is 3.04. The number of thioether (sulfide) groups is 1. The molecule has 2 rings (SSSR count). The number of fused-ring (bicyclic) bond motifs is 1. The molecule has 0 saturated heterocycles. The van der Waals surface area contributed by atoms with Crippen LogP contribution in [0.4, 0.5) is 0 Å². The van der Waals surface area contributed by atoms with Crippen molar-refractivity contribution in [2.75, 3.05) is 11.6 Å². The molecule has 0 aromatic rings. The number of alkyl halides is 1. The highest BCUT2D eigenvalue weighted by Crippen LogP contribution is 2.17. The van der Waals surface area contributed by atoms with Crippen LogP contribution in [0.3, 0.4) is 0 Å². The summed E-state index contributed by atoms with van der Waals surface area (Å²) in [6.45, 7) is 0. The first kappa shape index (κ1) is 8.90. The molecule has 2 aliphatic rings.